The monoisotopic (exact) mass is 949 g/mol. The van der Waals surface area contributed by atoms with E-state index in [-0.39, 0.29) is 49.1 Å². The van der Waals surface area contributed by atoms with Gasteiger partial charge in [-0.1, -0.05) is 143 Å². The molecule has 0 saturated heterocycles. The molecule has 294 valence electrons. The molecule has 8 rings (SSSR count). The fourth-order valence-electron chi connectivity index (χ4n) is 7.30. The predicted octanol–water partition coefficient (Wildman–Crippen LogP) is 13.8. The summed E-state index contributed by atoms with van der Waals surface area (Å²) in [5, 5.41) is 11.8. The molecule has 0 aliphatic rings. The maximum absolute atomic E-state index is 11.8. The molecule has 0 aliphatic carbocycles. The molecule has 0 unspecified atom stereocenters. The van der Waals surface area contributed by atoms with Crippen molar-refractivity contribution in [3.05, 3.63) is 167 Å². The third-order valence-electron chi connectivity index (χ3n) is 10.3. The first-order valence-electron chi connectivity index (χ1n) is 24.0. The summed E-state index contributed by atoms with van der Waals surface area (Å²) in [4.78, 5) is 9.79. The number of rotatable bonds is 6. The van der Waals surface area contributed by atoms with Crippen molar-refractivity contribution in [1.29, 1.82) is 0 Å². The molecular weight excluding hydrogens is 890 g/mol. The summed E-state index contributed by atoms with van der Waals surface area (Å²) in [5.74, 6) is 0.625. The first-order chi connectivity index (χ1) is 31.3. The first kappa shape index (κ1) is 29.6. The number of hydrogen-bond acceptors (Lipinski definition) is 3. The summed E-state index contributed by atoms with van der Waals surface area (Å²) in [6.45, 7) is 13.5. The second-order valence-electron chi connectivity index (χ2n) is 16.7. The number of phenolic OH excluding ortho intramolecular Hbond substituents is 1. The number of phenols is 1. The van der Waals surface area contributed by atoms with Crippen molar-refractivity contribution >= 4 is 11.0 Å². The number of aromatic nitrogens is 3. The van der Waals surface area contributed by atoms with E-state index in [0.717, 1.165) is 39.0 Å². The average Bonchev–Trinajstić information content (AvgIpc) is 3.65. The molecule has 0 saturated carbocycles. The number of aryl methyl sites for hydroxylation is 2. The molecule has 0 bridgehead atoms. The Hall–Kier alpha value is -5.57. The molecule has 0 spiro atoms. The third kappa shape index (κ3) is 7.83. The minimum Gasteiger partial charge on any atom is -0.507 e. The van der Waals surface area contributed by atoms with Gasteiger partial charge >= 0.3 is 0 Å². The SMILES string of the molecule is [2H]c1nc(-c2[c-]c(-c3cccc4c3nc(-c3cc(C)cc(C)c3O)n4-c3ccc(-c4ccccc4)cc3C(C)(C)C)cc(C(C)(C)C)c2)c([2H])c(-c2c([2H])c([2H])c(C([2H])([2H])[2H])c([2H])c2[2H])c1[2H].[Pt]. The smallest absolute Gasteiger partial charge is 0.148 e. The van der Waals surface area contributed by atoms with Gasteiger partial charge in [-0.3, -0.25) is 9.55 Å². The summed E-state index contributed by atoms with van der Waals surface area (Å²) < 4.78 is 87.7. The topological polar surface area (TPSA) is 50.9 Å². The summed E-state index contributed by atoms with van der Waals surface area (Å²) in [7, 11) is 0. The van der Waals surface area contributed by atoms with Crippen LogP contribution in [0.2, 0.25) is 0 Å². The van der Waals surface area contributed by atoms with Gasteiger partial charge in [0.25, 0.3) is 0 Å². The minimum atomic E-state index is -2.96. The van der Waals surface area contributed by atoms with Gasteiger partial charge in [0.15, 0.2) is 0 Å². The maximum atomic E-state index is 11.8. The van der Waals surface area contributed by atoms with Crippen LogP contribution in [0.25, 0.3) is 72.7 Å². The van der Waals surface area contributed by atoms with Crippen LogP contribution in [0.4, 0.5) is 0 Å². The number of nitrogens with zero attached hydrogens (tertiary/aromatic N) is 3. The van der Waals surface area contributed by atoms with Crippen LogP contribution in [0.1, 0.15) is 83.1 Å². The second kappa shape index (κ2) is 15.6. The van der Waals surface area contributed by atoms with Gasteiger partial charge in [-0.25, -0.2) is 4.98 Å². The molecule has 0 aliphatic heterocycles. The van der Waals surface area contributed by atoms with Gasteiger partial charge in [0.1, 0.15) is 11.6 Å². The van der Waals surface area contributed by atoms with Crippen LogP contribution in [0, 0.1) is 26.8 Å². The van der Waals surface area contributed by atoms with Crippen LogP contribution in [0.15, 0.2) is 133 Å². The molecular formula is C53H50N3OPt-. The molecule has 0 amide bonds. The molecule has 2 heterocycles. The van der Waals surface area contributed by atoms with Crippen molar-refractivity contribution in [3.8, 4) is 67.5 Å². The van der Waals surface area contributed by atoms with Crippen molar-refractivity contribution < 1.29 is 39.9 Å². The summed E-state index contributed by atoms with van der Waals surface area (Å²) in [6, 6.07) is 29.4. The Balaban J connectivity index is 0.00000684. The Morgan fingerprint density at radius 1 is 0.690 bits per heavy atom. The van der Waals surface area contributed by atoms with E-state index in [0.29, 0.717) is 33.6 Å². The van der Waals surface area contributed by atoms with Crippen LogP contribution < -0.4 is 0 Å². The van der Waals surface area contributed by atoms with Crippen LogP contribution in [-0.4, -0.2) is 19.6 Å². The standard InChI is InChI=1S/C53H50N3O.Pt/c1-33-18-20-37(21-19-33)39-24-25-54-46(32-39)41-28-40(29-42(30-41)52(4,5)6)43-16-13-17-48-49(43)55-51(44-27-34(2)26-35(3)50(44)57)56(48)47-23-22-38(31-45(47)53(7,8)9)36-14-11-10-12-15-36;/h10-27,29-32,57H,1-9H3;/q-1;/i1D3,18D,19D,20D,21D,24D,25D,32D;. The quantitative estimate of drug-likeness (QED) is 0.169. The average molecular weight is 950 g/mol. The predicted molar refractivity (Wildman–Crippen MR) is 238 cm³/mol. The number of imidazole rings is 1. The van der Waals surface area contributed by atoms with Crippen LogP contribution in [-0.2, 0) is 31.9 Å². The zero-order valence-corrected chi connectivity index (χ0v) is 36.0. The molecule has 4 nitrogen and oxygen atoms in total. The number of para-hydroxylation sites is 1. The van der Waals surface area contributed by atoms with E-state index < -0.39 is 65.8 Å². The number of hydrogen-bond donors (Lipinski definition) is 1. The van der Waals surface area contributed by atoms with E-state index in [2.05, 4.69) is 66.7 Å². The molecule has 0 atom stereocenters. The zero-order valence-electron chi connectivity index (χ0n) is 43.8. The van der Waals surface area contributed by atoms with Crippen molar-refractivity contribution in [1.82, 2.24) is 14.5 Å². The van der Waals surface area contributed by atoms with Crippen molar-refractivity contribution in [2.24, 2.45) is 0 Å². The number of fused-ring (bicyclic) bond motifs is 1. The molecule has 58 heavy (non-hydrogen) atoms. The van der Waals surface area contributed by atoms with Crippen molar-refractivity contribution in [3.63, 3.8) is 0 Å². The fraction of sp³-hybridized carbons (Fsp3) is 0.208. The molecule has 8 aromatic rings. The van der Waals surface area contributed by atoms with Gasteiger partial charge < -0.3 is 5.11 Å². The zero-order chi connectivity index (χ0) is 48.8. The van der Waals surface area contributed by atoms with E-state index >= 15 is 0 Å². The van der Waals surface area contributed by atoms with Gasteiger partial charge in [0.2, 0.25) is 0 Å². The van der Waals surface area contributed by atoms with Crippen LogP contribution >= 0.6 is 0 Å². The second-order valence-corrected chi connectivity index (χ2v) is 16.7. The molecule has 2 aromatic heterocycles. The summed E-state index contributed by atoms with van der Waals surface area (Å²) in [5.41, 5.74) is 7.39. The molecule has 0 fully saturated rings. The Morgan fingerprint density at radius 3 is 2.14 bits per heavy atom. The first-order valence-corrected chi connectivity index (χ1v) is 19.0. The van der Waals surface area contributed by atoms with Crippen LogP contribution in [0.5, 0.6) is 5.75 Å². The number of pyridine rings is 1. The molecule has 5 heteroatoms. The maximum Gasteiger partial charge on any atom is 0.148 e. The molecule has 6 aromatic carbocycles. The van der Waals surface area contributed by atoms with Crippen molar-refractivity contribution in [2.75, 3.05) is 0 Å². The van der Waals surface area contributed by atoms with Crippen LogP contribution in [0.3, 0.4) is 0 Å². The minimum absolute atomic E-state index is 0. The Morgan fingerprint density at radius 2 is 1.43 bits per heavy atom. The Kier molecular flexibility index (Phi) is 7.99. The largest absolute Gasteiger partial charge is 0.507 e. The molecule has 1 N–H and O–H groups in total. The third-order valence-corrected chi connectivity index (χ3v) is 10.3. The van der Waals surface area contributed by atoms with E-state index in [4.69, 9.17) is 17.3 Å². The van der Waals surface area contributed by atoms with Gasteiger partial charge in [-0.15, -0.1) is 29.3 Å². The van der Waals surface area contributed by atoms with E-state index in [1.54, 1.807) is 6.07 Å². The van der Waals surface area contributed by atoms with Gasteiger partial charge in [0.05, 0.1) is 31.9 Å². The van der Waals surface area contributed by atoms with Gasteiger partial charge in [-0.2, -0.15) is 0 Å². The van der Waals surface area contributed by atoms with Gasteiger partial charge in [-0.05, 0) is 101 Å². The number of benzene rings is 6. The molecule has 0 radical (unpaired) electrons. The fourth-order valence-corrected chi connectivity index (χ4v) is 7.30. The van der Waals surface area contributed by atoms with Gasteiger partial charge in [0, 0.05) is 37.0 Å². The Labute approximate surface area is 372 Å². The normalized spacial score (nSPS) is 14.5. The van der Waals surface area contributed by atoms with E-state index in [1.165, 1.54) is 0 Å². The van der Waals surface area contributed by atoms with E-state index in [1.807, 2.05) is 89.2 Å². The van der Waals surface area contributed by atoms with E-state index in [9.17, 15) is 6.48 Å². The van der Waals surface area contributed by atoms with Crippen molar-refractivity contribution in [2.45, 2.75) is 73.1 Å². The summed E-state index contributed by atoms with van der Waals surface area (Å²) in [6.07, 6.45) is -0.583. The Bertz CT molecular complexity index is 3280. The number of aromatic hydroxyl groups is 1. The summed E-state index contributed by atoms with van der Waals surface area (Å²) >= 11 is 0.